The molecule has 0 aliphatic rings. The summed E-state index contributed by atoms with van der Waals surface area (Å²) in [6.07, 6.45) is 1.67. The minimum Gasteiger partial charge on any atom is -0.507 e. The number of aromatic nitrogens is 6. The van der Waals surface area contributed by atoms with Gasteiger partial charge in [-0.15, -0.1) is 11.6 Å². The van der Waals surface area contributed by atoms with Crippen LogP contribution in [-0.4, -0.2) is 35.0 Å². The van der Waals surface area contributed by atoms with Crippen LogP contribution in [0.3, 0.4) is 0 Å². The van der Waals surface area contributed by atoms with E-state index in [9.17, 15) is 5.11 Å². The zero-order valence-corrected chi connectivity index (χ0v) is 26.2. The van der Waals surface area contributed by atoms with Gasteiger partial charge in [0.25, 0.3) is 0 Å². The Morgan fingerprint density at radius 2 is 1.19 bits per heavy atom. The molecule has 0 atom stereocenters. The summed E-state index contributed by atoms with van der Waals surface area (Å²) in [4.78, 5) is 27.8. The second-order valence-electron chi connectivity index (χ2n) is 10.0. The standard InChI is InChI=1S/C34H27N6O2.Pt/c1-20-13-24(14-21(2)36-20)25-17-27(19-28(18-25)42-31-11-7-8-12-35-31)33-38-32(26-15-22(3)37-23(4)16-26)39-34(40-33)29-9-5-6-10-30(29)41;/h5-18,41H,1-4H3;/q-1;. The van der Waals surface area contributed by atoms with E-state index >= 15 is 0 Å². The van der Waals surface area contributed by atoms with Crippen molar-refractivity contribution in [2.75, 3.05) is 0 Å². The number of pyridine rings is 3. The third kappa shape index (κ3) is 6.82. The number of rotatable bonds is 6. The fourth-order valence-electron chi connectivity index (χ4n) is 4.78. The number of nitrogens with zero attached hydrogens (tertiary/aromatic N) is 6. The van der Waals surface area contributed by atoms with E-state index in [-0.39, 0.29) is 26.8 Å². The SMILES string of the molecule is Cc1cc(-c2cc(Oc3ccccn3)[c-]c(-c3nc(-c4cc(C)nc(C)c4)nc(-c4ccccc4O)n3)c2)cc(C)n1.[Pt]. The zero-order valence-electron chi connectivity index (χ0n) is 23.9. The number of aryl methyl sites for hydroxylation is 4. The molecule has 8 nitrogen and oxygen atoms in total. The van der Waals surface area contributed by atoms with Gasteiger partial charge >= 0.3 is 0 Å². The topological polar surface area (TPSA) is 107 Å². The second kappa shape index (κ2) is 12.6. The molecule has 9 heteroatoms. The Labute approximate surface area is 264 Å². The van der Waals surface area contributed by atoms with Crippen LogP contribution in [0.1, 0.15) is 22.8 Å². The molecule has 0 radical (unpaired) electrons. The molecule has 216 valence electrons. The van der Waals surface area contributed by atoms with E-state index in [1.807, 2.05) is 82.3 Å². The van der Waals surface area contributed by atoms with Crippen LogP contribution < -0.4 is 4.74 Å². The van der Waals surface area contributed by atoms with Crippen LogP contribution >= 0.6 is 0 Å². The molecule has 0 fully saturated rings. The Morgan fingerprint density at radius 3 is 1.84 bits per heavy atom. The summed E-state index contributed by atoms with van der Waals surface area (Å²) in [6, 6.07) is 27.6. The third-order valence-corrected chi connectivity index (χ3v) is 6.47. The number of benzene rings is 2. The molecule has 0 unspecified atom stereocenters. The molecule has 0 saturated heterocycles. The van der Waals surface area contributed by atoms with Crippen molar-refractivity contribution < 1.29 is 30.9 Å². The molecule has 0 aliphatic carbocycles. The first-order valence-electron chi connectivity index (χ1n) is 13.4. The summed E-state index contributed by atoms with van der Waals surface area (Å²) in [5.74, 6) is 2.13. The maximum atomic E-state index is 10.7. The van der Waals surface area contributed by atoms with Gasteiger partial charge in [-0.1, -0.05) is 35.9 Å². The summed E-state index contributed by atoms with van der Waals surface area (Å²) < 4.78 is 6.14. The fraction of sp³-hybridized carbons (Fsp3) is 0.118. The molecular formula is C34H27N6O2Pt-. The number of ether oxygens (including phenoxy) is 1. The van der Waals surface area contributed by atoms with E-state index in [1.165, 1.54) is 0 Å². The maximum absolute atomic E-state index is 10.7. The van der Waals surface area contributed by atoms with Crippen molar-refractivity contribution in [3.05, 3.63) is 114 Å². The van der Waals surface area contributed by atoms with E-state index in [4.69, 9.17) is 19.7 Å². The van der Waals surface area contributed by atoms with E-state index in [1.54, 1.807) is 30.5 Å². The van der Waals surface area contributed by atoms with Crippen molar-refractivity contribution in [3.8, 4) is 62.7 Å². The molecule has 4 heterocycles. The first-order valence-corrected chi connectivity index (χ1v) is 13.4. The second-order valence-corrected chi connectivity index (χ2v) is 10.0. The van der Waals surface area contributed by atoms with E-state index in [2.05, 4.69) is 21.0 Å². The number of hydrogen-bond acceptors (Lipinski definition) is 8. The third-order valence-electron chi connectivity index (χ3n) is 6.47. The molecule has 43 heavy (non-hydrogen) atoms. The van der Waals surface area contributed by atoms with Crippen LogP contribution in [-0.2, 0) is 21.1 Å². The molecule has 2 aromatic carbocycles. The van der Waals surface area contributed by atoms with Crippen molar-refractivity contribution in [1.82, 2.24) is 29.9 Å². The van der Waals surface area contributed by atoms with Gasteiger partial charge in [0.1, 0.15) is 5.75 Å². The van der Waals surface area contributed by atoms with Crippen LogP contribution in [0.4, 0.5) is 0 Å². The van der Waals surface area contributed by atoms with Gasteiger partial charge in [-0.2, -0.15) is 0 Å². The van der Waals surface area contributed by atoms with Crippen molar-refractivity contribution in [2.45, 2.75) is 27.7 Å². The monoisotopic (exact) mass is 746 g/mol. The maximum Gasteiger partial charge on any atom is 0.217 e. The van der Waals surface area contributed by atoms with Crippen molar-refractivity contribution >= 4 is 0 Å². The number of para-hydroxylation sites is 1. The van der Waals surface area contributed by atoms with Crippen LogP contribution in [0.25, 0.3) is 45.3 Å². The van der Waals surface area contributed by atoms with Gasteiger partial charge in [0.05, 0.1) is 11.4 Å². The van der Waals surface area contributed by atoms with Gasteiger partial charge in [0.15, 0.2) is 11.6 Å². The summed E-state index contributed by atoms with van der Waals surface area (Å²) in [6.45, 7) is 7.79. The van der Waals surface area contributed by atoms with E-state index < -0.39 is 0 Å². The molecule has 1 N–H and O–H groups in total. The number of aromatic hydroxyl groups is 1. The molecular weight excluding hydrogens is 719 g/mol. The molecule has 0 spiro atoms. The minimum atomic E-state index is 0. The normalized spacial score (nSPS) is 10.7. The van der Waals surface area contributed by atoms with E-state index in [0.29, 0.717) is 40.2 Å². The first-order chi connectivity index (χ1) is 20.3. The van der Waals surface area contributed by atoms with Crippen LogP contribution in [0, 0.1) is 33.8 Å². The molecule has 6 rings (SSSR count). The largest absolute Gasteiger partial charge is 0.507 e. The van der Waals surface area contributed by atoms with Gasteiger partial charge in [-0.3, -0.25) is 19.9 Å². The number of phenolic OH excluding ortho intramolecular Hbond substituents is 1. The summed E-state index contributed by atoms with van der Waals surface area (Å²) in [5, 5.41) is 10.7. The number of hydrogen-bond donors (Lipinski definition) is 1. The predicted octanol–water partition coefficient (Wildman–Crippen LogP) is 7.25. The first kappa shape index (κ1) is 29.7. The number of phenols is 1. The molecule has 6 aromatic rings. The average molecular weight is 747 g/mol. The van der Waals surface area contributed by atoms with Gasteiger partial charge in [-0.25, -0.2) is 9.97 Å². The van der Waals surface area contributed by atoms with Gasteiger partial charge in [-0.05, 0) is 75.7 Å². The van der Waals surface area contributed by atoms with E-state index in [0.717, 1.165) is 39.5 Å². The van der Waals surface area contributed by atoms with Crippen LogP contribution in [0.15, 0.2) is 85.1 Å². The Morgan fingerprint density at radius 1 is 0.605 bits per heavy atom. The van der Waals surface area contributed by atoms with Gasteiger partial charge < -0.3 is 9.84 Å². The minimum absolute atomic E-state index is 0. The van der Waals surface area contributed by atoms with Crippen LogP contribution in [0.2, 0.25) is 0 Å². The van der Waals surface area contributed by atoms with Gasteiger partial charge in [0.2, 0.25) is 5.88 Å². The summed E-state index contributed by atoms with van der Waals surface area (Å²) in [5.41, 5.74) is 7.22. The van der Waals surface area contributed by atoms with Crippen molar-refractivity contribution in [2.24, 2.45) is 0 Å². The van der Waals surface area contributed by atoms with Gasteiger partial charge in [0, 0.05) is 67.4 Å². The predicted molar refractivity (Wildman–Crippen MR) is 161 cm³/mol. The fourth-order valence-corrected chi connectivity index (χ4v) is 4.78. The Balaban J connectivity index is 0.00000368. The quantitative estimate of drug-likeness (QED) is 0.178. The average Bonchev–Trinajstić information content (AvgIpc) is 2.96. The summed E-state index contributed by atoms with van der Waals surface area (Å²) >= 11 is 0. The Hall–Kier alpha value is -4.81. The summed E-state index contributed by atoms with van der Waals surface area (Å²) in [7, 11) is 0. The molecule has 0 amide bonds. The van der Waals surface area contributed by atoms with Crippen molar-refractivity contribution in [1.29, 1.82) is 0 Å². The molecule has 0 aliphatic heterocycles. The van der Waals surface area contributed by atoms with Crippen LogP contribution in [0.5, 0.6) is 17.4 Å². The zero-order chi connectivity index (χ0) is 29.2. The van der Waals surface area contributed by atoms with Crippen molar-refractivity contribution in [3.63, 3.8) is 0 Å². The smallest absolute Gasteiger partial charge is 0.217 e. The molecule has 4 aromatic heterocycles. The Kier molecular flexibility index (Phi) is 8.69. The molecule has 0 bridgehead atoms. The molecule has 0 saturated carbocycles. The Bertz CT molecular complexity index is 1890.